The Labute approximate surface area is 184 Å². The number of rotatable bonds is 6. The highest BCUT2D eigenvalue weighted by Crippen LogP contribution is 2.16. The van der Waals surface area contributed by atoms with Crippen molar-refractivity contribution in [2.75, 3.05) is 33.8 Å². The Morgan fingerprint density at radius 3 is 2.74 bits per heavy atom. The average Bonchev–Trinajstić information content (AvgIpc) is 2.64. The van der Waals surface area contributed by atoms with Crippen molar-refractivity contribution in [3.05, 3.63) is 34.3 Å². The highest BCUT2D eigenvalue weighted by atomic mass is 127. The molecule has 1 aromatic carbocycles. The van der Waals surface area contributed by atoms with E-state index >= 15 is 0 Å². The van der Waals surface area contributed by atoms with E-state index in [-0.39, 0.29) is 42.5 Å². The van der Waals surface area contributed by atoms with Crippen molar-refractivity contribution in [3.63, 3.8) is 0 Å². The quantitative estimate of drug-likeness (QED) is 0.352. The SMILES string of the molecule is Cc1cc(CN=C(NCC(=O)N(C)C)NCC2CCCCO2)ccc1Cl.I. The molecular formula is C19H30ClIN4O2. The van der Waals surface area contributed by atoms with Crippen LogP contribution in [0, 0.1) is 6.92 Å². The zero-order chi connectivity index (χ0) is 18.9. The number of likely N-dealkylation sites (N-methyl/N-ethyl adjacent to an activating group) is 1. The van der Waals surface area contributed by atoms with Crippen molar-refractivity contribution < 1.29 is 9.53 Å². The van der Waals surface area contributed by atoms with Crippen LogP contribution in [0.2, 0.25) is 5.02 Å². The molecule has 0 radical (unpaired) electrons. The molecule has 1 unspecified atom stereocenters. The second-order valence-electron chi connectivity index (χ2n) is 6.76. The van der Waals surface area contributed by atoms with Crippen molar-refractivity contribution >= 4 is 47.4 Å². The van der Waals surface area contributed by atoms with Crippen molar-refractivity contribution in [3.8, 4) is 0 Å². The molecule has 1 saturated heterocycles. The van der Waals surface area contributed by atoms with Gasteiger partial charge in [0.2, 0.25) is 5.91 Å². The minimum atomic E-state index is -0.00393. The molecule has 2 rings (SSSR count). The first-order valence-corrected chi connectivity index (χ1v) is 9.42. The summed E-state index contributed by atoms with van der Waals surface area (Å²) in [6.07, 6.45) is 3.56. The van der Waals surface area contributed by atoms with E-state index in [1.807, 2.05) is 25.1 Å². The third-order valence-electron chi connectivity index (χ3n) is 4.32. The maximum absolute atomic E-state index is 11.9. The van der Waals surface area contributed by atoms with Gasteiger partial charge >= 0.3 is 0 Å². The summed E-state index contributed by atoms with van der Waals surface area (Å²) < 4.78 is 5.75. The third kappa shape index (κ3) is 8.66. The van der Waals surface area contributed by atoms with Gasteiger partial charge < -0.3 is 20.3 Å². The lowest BCUT2D eigenvalue weighted by molar-refractivity contribution is -0.127. The highest BCUT2D eigenvalue weighted by Gasteiger charge is 2.14. The van der Waals surface area contributed by atoms with Crippen molar-refractivity contribution in [2.45, 2.75) is 38.8 Å². The van der Waals surface area contributed by atoms with Gasteiger partial charge in [0, 0.05) is 32.3 Å². The standard InChI is InChI=1S/C19H29ClN4O2.HI/c1-14-10-15(7-8-17(14)20)11-21-19(23-13-18(25)24(2)3)22-12-16-6-4-5-9-26-16;/h7-8,10,16H,4-6,9,11-13H2,1-3H3,(H2,21,22,23);1H. The monoisotopic (exact) mass is 508 g/mol. The number of carbonyl (C=O) groups excluding carboxylic acids is 1. The van der Waals surface area contributed by atoms with Gasteiger partial charge in [-0.2, -0.15) is 0 Å². The Kier molecular flexibility index (Phi) is 11.0. The topological polar surface area (TPSA) is 66.0 Å². The Hall–Kier alpha value is -1.06. The number of hydrogen-bond donors (Lipinski definition) is 2. The van der Waals surface area contributed by atoms with Crippen LogP contribution in [0.4, 0.5) is 0 Å². The molecule has 1 heterocycles. The largest absolute Gasteiger partial charge is 0.376 e. The molecule has 1 aliphatic rings. The smallest absolute Gasteiger partial charge is 0.241 e. The second kappa shape index (κ2) is 12.4. The molecule has 1 aliphatic heterocycles. The first-order chi connectivity index (χ1) is 12.5. The minimum Gasteiger partial charge on any atom is -0.376 e. The van der Waals surface area contributed by atoms with Crippen molar-refractivity contribution in [1.29, 1.82) is 0 Å². The molecule has 0 aliphatic carbocycles. The summed E-state index contributed by atoms with van der Waals surface area (Å²) in [5.41, 5.74) is 2.10. The van der Waals surface area contributed by atoms with Gasteiger partial charge in [-0.25, -0.2) is 4.99 Å². The molecule has 0 saturated carbocycles. The van der Waals surface area contributed by atoms with Crippen LogP contribution in [-0.2, 0) is 16.1 Å². The molecule has 1 aromatic rings. The molecule has 1 amide bonds. The highest BCUT2D eigenvalue weighted by molar-refractivity contribution is 14.0. The van der Waals surface area contributed by atoms with Crippen LogP contribution in [0.1, 0.15) is 30.4 Å². The Balaban J connectivity index is 0.00000364. The Bertz CT molecular complexity index is 634. The number of halogens is 2. The van der Waals surface area contributed by atoms with Gasteiger partial charge in [-0.05, 0) is 43.4 Å². The molecule has 152 valence electrons. The Morgan fingerprint density at radius 1 is 1.33 bits per heavy atom. The summed E-state index contributed by atoms with van der Waals surface area (Å²) >= 11 is 6.08. The van der Waals surface area contributed by atoms with Crippen molar-refractivity contribution in [1.82, 2.24) is 15.5 Å². The van der Waals surface area contributed by atoms with Crippen LogP contribution >= 0.6 is 35.6 Å². The van der Waals surface area contributed by atoms with Crippen molar-refractivity contribution in [2.24, 2.45) is 4.99 Å². The summed E-state index contributed by atoms with van der Waals surface area (Å²) in [5, 5.41) is 7.15. The Morgan fingerprint density at radius 2 is 2.11 bits per heavy atom. The fourth-order valence-electron chi connectivity index (χ4n) is 2.65. The number of carbonyl (C=O) groups is 1. The van der Waals surface area contributed by atoms with Gasteiger partial charge in [-0.15, -0.1) is 24.0 Å². The molecule has 0 spiro atoms. The van der Waals surface area contributed by atoms with E-state index in [2.05, 4.69) is 15.6 Å². The van der Waals surface area contributed by atoms with Crippen LogP contribution in [0.3, 0.4) is 0 Å². The van der Waals surface area contributed by atoms with E-state index in [9.17, 15) is 4.79 Å². The number of nitrogens with zero attached hydrogens (tertiary/aromatic N) is 2. The number of aryl methyl sites for hydroxylation is 1. The summed E-state index contributed by atoms with van der Waals surface area (Å²) in [6.45, 7) is 4.18. The van der Waals surface area contributed by atoms with E-state index in [1.54, 1.807) is 19.0 Å². The van der Waals surface area contributed by atoms with E-state index < -0.39 is 0 Å². The van der Waals surface area contributed by atoms with E-state index in [0.29, 0.717) is 19.0 Å². The van der Waals surface area contributed by atoms with Gasteiger partial charge in [0.05, 0.1) is 19.2 Å². The molecule has 1 fully saturated rings. The zero-order valence-electron chi connectivity index (χ0n) is 16.3. The third-order valence-corrected chi connectivity index (χ3v) is 4.74. The molecule has 6 nitrogen and oxygen atoms in total. The van der Waals surface area contributed by atoms with E-state index in [0.717, 1.165) is 35.6 Å². The van der Waals surface area contributed by atoms with Gasteiger partial charge in [-0.3, -0.25) is 4.79 Å². The summed E-state index contributed by atoms with van der Waals surface area (Å²) in [6, 6.07) is 5.87. The molecule has 0 aromatic heterocycles. The minimum absolute atomic E-state index is 0. The summed E-state index contributed by atoms with van der Waals surface area (Å²) in [5.74, 6) is 0.609. The first-order valence-electron chi connectivity index (χ1n) is 9.04. The average molecular weight is 509 g/mol. The molecule has 0 bridgehead atoms. The zero-order valence-corrected chi connectivity index (χ0v) is 19.3. The second-order valence-corrected chi connectivity index (χ2v) is 7.17. The predicted octanol–water partition coefficient (Wildman–Crippen LogP) is 2.96. The van der Waals surface area contributed by atoms with E-state index in [1.165, 1.54) is 6.42 Å². The predicted molar refractivity (Wildman–Crippen MR) is 121 cm³/mol. The number of hydrogen-bond acceptors (Lipinski definition) is 3. The molecule has 1 atom stereocenters. The number of amides is 1. The first kappa shape index (κ1) is 24.0. The van der Waals surface area contributed by atoms with Gasteiger partial charge in [0.1, 0.15) is 0 Å². The fourth-order valence-corrected chi connectivity index (χ4v) is 2.76. The van der Waals surface area contributed by atoms with E-state index in [4.69, 9.17) is 16.3 Å². The summed E-state index contributed by atoms with van der Waals surface area (Å²) in [7, 11) is 3.47. The molecular weight excluding hydrogens is 479 g/mol. The van der Waals surface area contributed by atoms with Crippen LogP contribution in [0.15, 0.2) is 23.2 Å². The van der Waals surface area contributed by atoms with Gasteiger partial charge in [0.15, 0.2) is 5.96 Å². The van der Waals surface area contributed by atoms with Crippen LogP contribution < -0.4 is 10.6 Å². The lowest BCUT2D eigenvalue weighted by atomic mass is 10.1. The number of aliphatic imine (C=N–C) groups is 1. The maximum atomic E-state index is 11.9. The molecule has 8 heteroatoms. The summed E-state index contributed by atoms with van der Waals surface area (Å²) in [4.78, 5) is 18.0. The lowest BCUT2D eigenvalue weighted by Crippen LogP contribution is -2.45. The number of guanidine groups is 1. The normalized spacial score (nSPS) is 17.0. The maximum Gasteiger partial charge on any atom is 0.241 e. The van der Waals surface area contributed by atoms with Crippen LogP contribution in [-0.4, -0.2) is 56.7 Å². The van der Waals surface area contributed by atoms with Crippen LogP contribution in [0.25, 0.3) is 0 Å². The fraction of sp³-hybridized carbons (Fsp3) is 0.579. The molecule has 2 N–H and O–H groups in total. The van der Waals surface area contributed by atoms with Gasteiger partial charge in [0.25, 0.3) is 0 Å². The van der Waals surface area contributed by atoms with Gasteiger partial charge in [-0.1, -0.05) is 23.7 Å². The van der Waals surface area contributed by atoms with Crippen LogP contribution in [0.5, 0.6) is 0 Å². The number of benzene rings is 1. The molecule has 27 heavy (non-hydrogen) atoms. The number of nitrogens with one attached hydrogen (secondary N) is 2. The lowest BCUT2D eigenvalue weighted by Gasteiger charge is -2.24. The number of ether oxygens (including phenoxy) is 1.